The van der Waals surface area contributed by atoms with E-state index in [1.165, 1.54) is 12.4 Å². The minimum atomic E-state index is -0.0691. The lowest BCUT2D eigenvalue weighted by atomic mass is 10.3. The standard InChI is InChI=1S/C9H11N3O/c1-2-3-4-9(13)12-8-7-10-5-6-11-8/h2,5-7H,1,3-4H2,(H,11,12,13). The van der Waals surface area contributed by atoms with Crippen LogP contribution in [0.15, 0.2) is 31.2 Å². The van der Waals surface area contributed by atoms with Crippen LogP contribution in [0, 0.1) is 0 Å². The predicted molar refractivity (Wildman–Crippen MR) is 50.1 cm³/mol. The van der Waals surface area contributed by atoms with Gasteiger partial charge in [-0.05, 0) is 6.42 Å². The average Bonchev–Trinajstić information content (AvgIpc) is 2.16. The summed E-state index contributed by atoms with van der Waals surface area (Å²) in [6.45, 7) is 3.53. The molecule has 0 fully saturated rings. The molecule has 0 saturated carbocycles. The first-order valence-electron chi connectivity index (χ1n) is 3.99. The molecule has 68 valence electrons. The van der Waals surface area contributed by atoms with E-state index in [9.17, 15) is 4.79 Å². The van der Waals surface area contributed by atoms with Crippen molar-refractivity contribution in [1.82, 2.24) is 9.97 Å². The molecule has 0 unspecified atom stereocenters. The van der Waals surface area contributed by atoms with Crippen LogP contribution in [0.25, 0.3) is 0 Å². The van der Waals surface area contributed by atoms with Crippen molar-refractivity contribution in [2.45, 2.75) is 12.8 Å². The number of anilines is 1. The Bertz CT molecular complexity index is 284. The molecule has 1 rings (SSSR count). The topological polar surface area (TPSA) is 54.9 Å². The molecule has 0 aliphatic carbocycles. The second-order valence-corrected chi connectivity index (χ2v) is 2.47. The van der Waals surface area contributed by atoms with Crippen molar-refractivity contribution in [3.63, 3.8) is 0 Å². The van der Waals surface area contributed by atoms with Crippen LogP contribution in [0.4, 0.5) is 5.82 Å². The van der Waals surface area contributed by atoms with Crippen LogP contribution in [-0.4, -0.2) is 15.9 Å². The molecule has 0 aliphatic rings. The number of nitrogens with one attached hydrogen (secondary N) is 1. The van der Waals surface area contributed by atoms with Gasteiger partial charge in [-0.25, -0.2) is 4.98 Å². The SMILES string of the molecule is C=CCCC(=O)Nc1cnccn1. The van der Waals surface area contributed by atoms with Gasteiger partial charge in [0, 0.05) is 18.8 Å². The summed E-state index contributed by atoms with van der Waals surface area (Å²) >= 11 is 0. The zero-order chi connectivity index (χ0) is 9.52. The van der Waals surface area contributed by atoms with Gasteiger partial charge in [0.05, 0.1) is 6.20 Å². The fourth-order valence-corrected chi connectivity index (χ4v) is 0.802. The molecular weight excluding hydrogens is 166 g/mol. The number of aromatic nitrogens is 2. The van der Waals surface area contributed by atoms with Crippen molar-refractivity contribution in [2.75, 3.05) is 5.32 Å². The lowest BCUT2D eigenvalue weighted by molar-refractivity contribution is -0.116. The number of nitrogens with zero attached hydrogens (tertiary/aromatic N) is 2. The molecule has 0 saturated heterocycles. The highest BCUT2D eigenvalue weighted by atomic mass is 16.1. The monoisotopic (exact) mass is 177 g/mol. The highest BCUT2D eigenvalue weighted by Crippen LogP contribution is 1.99. The third-order valence-corrected chi connectivity index (χ3v) is 1.41. The Hall–Kier alpha value is -1.71. The van der Waals surface area contributed by atoms with Crippen LogP contribution in [0.2, 0.25) is 0 Å². The molecule has 0 atom stereocenters. The molecule has 4 heteroatoms. The predicted octanol–water partition coefficient (Wildman–Crippen LogP) is 1.38. The zero-order valence-electron chi connectivity index (χ0n) is 7.23. The minimum Gasteiger partial charge on any atom is -0.309 e. The molecule has 1 heterocycles. The third kappa shape index (κ3) is 3.46. The van der Waals surface area contributed by atoms with Crippen molar-refractivity contribution < 1.29 is 4.79 Å². The summed E-state index contributed by atoms with van der Waals surface area (Å²) in [6, 6.07) is 0. The molecular formula is C9H11N3O. The van der Waals surface area contributed by atoms with E-state index in [2.05, 4.69) is 21.9 Å². The van der Waals surface area contributed by atoms with E-state index in [-0.39, 0.29) is 5.91 Å². The largest absolute Gasteiger partial charge is 0.309 e. The van der Waals surface area contributed by atoms with E-state index in [0.29, 0.717) is 18.7 Å². The summed E-state index contributed by atoms with van der Waals surface area (Å²) in [5.41, 5.74) is 0. The number of rotatable bonds is 4. The summed E-state index contributed by atoms with van der Waals surface area (Å²) in [7, 11) is 0. The first-order valence-corrected chi connectivity index (χ1v) is 3.99. The van der Waals surface area contributed by atoms with E-state index >= 15 is 0 Å². The van der Waals surface area contributed by atoms with Gasteiger partial charge in [-0.3, -0.25) is 9.78 Å². The zero-order valence-corrected chi connectivity index (χ0v) is 7.23. The molecule has 1 aromatic rings. The normalized spacial score (nSPS) is 9.23. The minimum absolute atomic E-state index is 0.0691. The Labute approximate surface area is 76.7 Å². The second-order valence-electron chi connectivity index (χ2n) is 2.47. The summed E-state index contributed by atoms with van der Waals surface area (Å²) in [5.74, 6) is 0.414. The maximum absolute atomic E-state index is 11.1. The lowest BCUT2D eigenvalue weighted by Gasteiger charge is -2.00. The van der Waals surface area contributed by atoms with Crippen molar-refractivity contribution in [1.29, 1.82) is 0 Å². The Kier molecular flexibility index (Phi) is 3.63. The molecule has 1 amide bonds. The number of hydrogen-bond acceptors (Lipinski definition) is 3. The molecule has 4 nitrogen and oxygen atoms in total. The summed E-state index contributed by atoms with van der Waals surface area (Å²) < 4.78 is 0. The number of carbonyl (C=O) groups is 1. The van der Waals surface area contributed by atoms with Crippen LogP contribution in [0.3, 0.4) is 0 Å². The molecule has 0 aliphatic heterocycles. The van der Waals surface area contributed by atoms with E-state index < -0.39 is 0 Å². The third-order valence-electron chi connectivity index (χ3n) is 1.41. The first kappa shape index (κ1) is 9.38. The van der Waals surface area contributed by atoms with Crippen LogP contribution in [0.5, 0.6) is 0 Å². The van der Waals surface area contributed by atoms with Crippen molar-refractivity contribution in [2.24, 2.45) is 0 Å². The molecule has 1 N–H and O–H groups in total. The van der Waals surface area contributed by atoms with Gasteiger partial charge in [0.25, 0.3) is 0 Å². The van der Waals surface area contributed by atoms with Gasteiger partial charge in [-0.1, -0.05) is 6.08 Å². The summed E-state index contributed by atoms with van der Waals surface area (Å²) in [4.78, 5) is 18.9. The smallest absolute Gasteiger partial charge is 0.225 e. The average molecular weight is 177 g/mol. The van der Waals surface area contributed by atoms with E-state index in [4.69, 9.17) is 0 Å². The number of amides is 1. The van der Waals surface area contributed by atoms with Crippen molar-refractivity contribution in [3.8, 4) is 0 Å². The highest BCUT2D eigenvalue weighted by molar-refractivity contribution is 5.89. The Balaban J connectivity index is 2.41. The van der Waals surface area contributed by atoms with Crippen LogP contribution < -0.4 is 5.32 Å². The van der Waals surface area contributed by atoms with Crippen LogP contribution >= 0.6 is 0 Å². The van der Waals surface area contributed by atoms with Crippen LogP contribution in [-0.2, 0) is 4.79 Å². The first-order chi connectivity index (χ1) is 6.33. The van der Waals surface area contributed by atoms with Gasteiger partial charge in [0.15, 0.2) is 5.82 Å². The Morgan fingerprint density at radius 1 is 1.62 bits per heavy atom. The Morgan fingerprint density at radius 2 is 2.46 bits per heavy atom. The van der Waals surface area contributed by atoms with Crippen LogP contribution in [0.1, 0.15) is 12.8 Å². The molecule has 13 heavy (non-hydrogen) atoms. The van der Waals surface area contributed by atoms with Gasteiger partial charge < -0.3 is 5.32 Å². The fraction of sp³-hybridized carbons (Fsp3) is 0.222. The second kappa shape index (κ2) is 5.03. The van der Waals surface area contributed by atoms with Gasteiger partial charge in [-0.2, -0.15) is 0 Å². The van der Waals surface area contributed by atoms with Gasteiger partial charge in [-0.15, -0.1) is 6.58 Å². The molecule has 0 spiro atoms. The number of carbonyl (C=O) groups excluding carboxylic acids is 1. The number of hydrogen-bond donors (Lipinski definition) is 1. The Morgan fingerprint density at radius 3 is 3.08 bits per heavy atom. The molecule has 0 aromatic carbocycles. The quantitative estimate of drug-likeness (QED) is 0.707. The number of allylic oxidation sites excluding steroid dienone is 1. The molecule has 1 aromatic heterocycles. The summed E-state index contributed by atoms with van der Waals surface area (Å²) in [5, 5.41) is 2.62. The summed E-state index contributed by atoms with van der Waals surface area (Å²) in [6.07, 6.45) is 7.40. The van der Waals surface area contributed by atoms with E-state index in [1.807, 2.05) is 0 Å². The van der Waals surface area contributed by atoms with Gasteiger partial charge >= 0.3 is 0 Å². The van der Waals surface area contributed by atoms with Gasteiger partial charge in [0.1, 0.15) is 0 Å². The van der Waals surface area contributed by atoms with Gasteiger partial charge in [0.2, 0.25) is 5.91 Å². The molecule has 0 bridgehead atoms. The van der Waals surface area contributed by atoms with E-state index in [1.54, 1.807) is 12.3 Å². The lowest BCUT2D eigenvalue weighted by Crippen LogP contribution is -2.11. The molecule has 0 radical (unpaired) electrons. The maximum atomic E-state index is 11.1. The van der Waals surface area contributed by atoms with Crippen molar-refractivity contribution >= 4 is 11.7 Å². The fourth-order valence-electron chi connectivity index (χ4n) is 0.802. The highest BCUT2D eigenvalue weighted by Gasteiger charge is 2.00. The van der Waals surface area contributed by atoms with Crippen molar-refractivity contribution in [3.05, 3.63) is 31.2 Å². The van der Waals surface area contributed by atoms with E-state index in [0.717, 1.165) is 0 Å². The maximum Gasteiger partial charge on any atom is 0.225 e.